The number of esters is 1. The normalized spacial score (nSPS) is 17.0. The van der Waals surface area contributed by atoms with E-state index in [-0.39, 0.29) is 31.2 Å². The van der Waals surface area contributed by atoms with Gasteiger partial charge in [-0.25, -0.2) is 14.0 Å². The Morgan fingerprint density at radius 3 is 2.45 bits per heavy atom. The first-order valence-corrected chi connectivity index (χ1v) is 9.18. The monoisotopic (exact) mass is 466 g/mol. The highest BCUT2D eigenvalue weighted by Gasteiger charge is 2.46. The van der Waals surface area contributed by atoms with Crippen molar-refractivity contribution in [3.8, 4) is 0 Å². The third kappa shape index (κ3) is 5.00. The van der Waals surface area contributed by atoms with Gasteiger partial charge in [-0.2, -0.15) is 13.2 Å². The zero-order valence-corrected chi connectivity index (χ0v) is 17.2. The van der Waals surface area contributed by atoms with E-state index in [1.807, 2.05) is 0 Å². The van der Waals surface area contributed by atoms with Crippen LogP contribution >= 0.6 is 11.6 Å². The maximum absolute atomic E-state index is 14.9. The number of halogens is 5. The minimum Gasteiger partial charge on any atom is -0.478 e. The lowest BCUT2D eigenvalue weighted by atomic mass is 9.78. The molecular weight excluding hydrogens is 448 g/mol. The molecule has 1 atom stereocenters. The van der Waals surface area contributed by atoms with E-state index < -0.39 is 57.1 Å². The summed E-state index contributed by atoms with van der Waals surface area (Å²) in [5, 5.41) is 11.6. The first kappa shape index (κ1) is 24.6. The van der Waals surface area contributed by atoms with E-state index in [2.05, 4.69) is 10.1 Å². The number of nitrogens with two attached hydrogens (primary N) is 1. The molecule has 0 bridgehead atoms. The Bertz CT molecular complexity index is 959. The molecule has 1 aromatic carbocycles. The van der Waals surface area contributed by atoms with Crippen LogP contribution in [0, 0.1) is 5.82 Å². The number of carboxylic acid groups (broad SMARTS) is 1. The first-order valence-electron chi connectivity index (χ1n) is 8.80. The van der Waals surface area contributed by atoms with Crippen molar-refractivity contribution in [2.24, 2.45) is 5.73 Å². The Labute approximate surface area is 179 Å². The Morgan fingerprint density at radius 2 is 1.94 bits per heavy atom. The second kappa shape index (κ2) is 9.67. The van der Waals surface area contributed by atoms with E-state index in [4.69, 9.17) is 22.1 Å². The lowest BCUT2D eigenvalue weighted by Crippen LogP contribution is -2.35. The van der Waals surface area contributed by atoms with Gasteiger partial charge >= 0.3 is 18.1 Å². The summed E-state index contributed by atoms with van der Waals surface area (Å²) >= 11 is 5.73. The molecule has 1 aromatic rings. The number of allylic oxidation sites excluding steroid dienone is 1. The average molecular weight is 467 g/mol. The summed E-state index contributed by atoms with van der Waals surface area (Å²) in [6.45, 7) is 1.05. The fourth-order valence-electron chi connectivity index (χ4n) is 3.33. The second-order valence-corrected chi connectivity index (χ2v) is 6.85. The summed E-state index contributed by atoms with van der Waals surface area (Å²) in [4.78, 5) is 24.5. The maximum Gasteiger partial charge on any atom is 0.418 e. The zero-order chi connectivity index (χ0) is 23.5. The Morgan fingerprint density at radius 1 is 1.29 bits per heavy atom. The van der Waals surface area contributed by atoms with E-state index in [0.717, 1.165) is 7.11 Å². The largest absolute Gasteiger partial charge is 0.478 e. The van der Waals surface area contributed by atoms with Crippen LogP contribution in [0.25, 0.3) is 0 Å². The van der Waals surface area contributed by atoms with Crippen LogP contribution in [0.2, 0.25) is 5.02 Å². The SMILES string of the molecule is COC(=O)C1=C(C)NC(COCCN)=C(C(=O)O)C1c1c(F)ccc(Cl)c1C(F)(F)F. The molecule has 170 valence electrons. The summed E-state index contributed by atoms with van der Waals surface area (Å²) in [6, 6.07) is 1.37. The van der Waals surface area contributed by atoms with Crippen LogP contribution in [0.4, 0.5) is 17.6 Å². The summed E-state index contributed by atoms with van der Waals surface area (Å²) < 4.78 is 66.2. The molecule has 4 N–H and O–H groups in total. The van der Waals surface area contributed by atoms with Gasteiger partial charge < -0.3 is 25.6 Å². The van der Waals surface area contributed by atoms with Crippen LogP contribution in [0.5, 0.6) is 0 Å². The minimum atomic E-state index is -5.14. The number of ether oxygens (including phenoxy) is 2. The predicted molar refractivity (Wildman–Crippen MR) is 102 cm³/mol. The Kier molecular flexibility index (Phi) is 7.68. The van der Waals surface area contributed by atoms with Crippen LogP contribution in [0.15, 0.2) is 34.7 Å². The molecule has 0 amide bonds. The highest BCUT2D eigenvalue weighted by molar-refractivity contribution is 6.31. The summed E-state index contributed by atoms with van der Waals surface area (Å²) in [5.74, 6) is -6.19. The van der Waals surface area contributed by atoms with Gasteiger partial charge in [0.1, 0.15) is 5.82 Å². The van der Waals surface area contributed by atoms with Gasteiger partial charge in [-0.3, -0.25) is 0 Å². The van der Waals surface area contributed by atoms with Crippen LogP contribution < -0.4 is 11.1 Å². The third-order valence-corrected chi connectivity index (χ3v) is 4.82. The summed E-state index contributed by atoms with van der Waals surface area (Å²) in [7, 11) is 0.961. The maximum atomic E-state index is 14.9. The molecule has 1 aliphatic heterocycles. The van der Waals surface area contributed by atoms with Gasteiger partial charge in [0.15, 0.2) is 0 Å². The number of hydrogen-bond donors (Lipinski definition) is 3. The Hall–Kier alpha value is -2.63. The van der Waals surface area contributed by atoms with Gasteiger partial charge in [-0.05, 0) is 19.1 Å². The minimum absolute atomic E-state index is 0.0225. The highest BCUT2D eigenvalue weighted by Crippen LogP contribution is 2.47. The number of alkyl halides is 3. The molecule has 12 heteroatoms. The van der Waals surface area contributed by atoms with E-state index in [1.165, 1.54) is 6.92 Å². The van der Waals surface area contributed by atoms with Crippen molar-refractivity contribution >= 4 is 23.5 Å². The molecule has 7 nitrogen and oxygen atoms in total. The van der Waals surface area contributed by atoms with E-state index in [9.17, 15) is 32.3 Å². The number of carbonyl (C=O) groups excluding carboxylic acids is 1. The lowest BCUT2D eigenvalue weighted by molar-refractivity contribution is -0.140. The molecule has 1 heterocycles. The average Bonchev–Trinajstić information content (AvgIpc) is 2.67. The van der Waals surface area contributed by atoms with Crippen LogP contribution in [0.3, 0.4) is 0 Å². The number of carboxylic acids is 1. The van der Waals surface area contributed by atoms with Crippen molar-refractivity contribution in [2.75, 3.05) is 26.9 Å². The number of aliphatic carboxylic acids is 1. The number of benzene rings is 1. The van der Waals surface area contributed by atoms with Crippen molar-refractivity contribution in [3.05, 3.63) is 56.6 Å². The number of carbonyl (C=O) groups is 2. The number of dihydropyridines is 1. The van der Waals surface area contributed by atoms with Crippen molar-refractivity contribution in [1.82, 2.24) is 5.32 Å². The van der Waals surface area contributed by atoms with Crippen molar-refractivity contribution < 1.29 is 41.7 Å². The topological polar surface area (TPSA) is 111 Å². The third-order valence-electron chi connectivity index (χ3n) is 4.50. The van der Waals surface area contributed by atoms with Crippen molar-refractivity contribution in [1.29, 1.82) is 0 Å². The molecule has 0 aliphatic carbocycles. The molecular formula is C19H19ClF4N2O5. The molecule has 0 spiro atoms. The summed E-state index contributed by atoms with van der Waals surface area (Å²) in [6.07, 6.45) is -5.14. The zero-order valence-electron chi connectivity index (χ0n) is 16.4. The molecule has 0 fully saturated rings. The molecule has 1 unspecified atom stereocenters. The standard InChI is InChI=1S/C19H19ClF4N2O5/c1-8-12(18(29)30-2)15(14(17(27)28)11(26-8)7-31-6-5-25)13-10(21)4-3-9(20)16(13)19(22,23)24/h3-4,15,26H,5-7,25H2,1-2H3,(H,27,28). The van der Waals surface area contributed by atoms with Gasteiger partial charge in [-0.1, -0.05) is 11.6 Å². The number of rotatable bonds is 7. The Balaban J connectivity index is 2.91. The van der Waals surface area contributed by atoms with Crippen LogP contribution in [-0.4, -0.2) is 43.9 Å². The second-order valence-electron chi connectivity index (χ2n) is 6.44. The predicted octanol–water partition coefficient (Wildman–Crippen LogP) is 2.95. The van der Waals surface area contributed by atoms with E-state index >= 15 is 0 Å². The van der Waals surface area contributed by atoms with E-state index in [0.29, 0.717) is 12.1 Å². The van der Waals surface area contributed by atoms with Crippen LogP contribution in [-0.2, 0) is 25.2 Å². The van der Waals surface area contributed by atoms with Crippen molar-refractivity contribution in [2.45, 2.75) is 19.0 Å². The molecule has 0 saturated carbocycles. The molecule has 1 aliphatic rings. The number of hydrogen-bond acceptors (Lipinski definition) is 6. The van der Waals surface area contributed by atoms with Crippen LogP contribution in [0.1, 0.15) is 24.0 Å². The molecule has 0 radical (unpaired) electrons. The fraction of sp³-hybridized carbons (Fsp3) is 0.368. The molecule has 0 saturated heterocycles. The van der Waals surface area contributed by atoms with E-state index in [1.54, 1.807) is 0 Å². The van der Waals surface area contributed by atoms with Gasteiger partial charge in [-0.15, -0.1) is 0 Å². The quantitative estimate of drug-likeness (QED) is 0.322. The highest BCUT2D eigenvalue weighted by atomic mass is 35.5. The lowest BCUT2D eigenvalue weighted by Gasteiger charge is -2.32. The van der Waals surface area contributed by atoms with Gasteiger partial charge in [0, 0.05) is 17.8 Å². The van der Waals surface area contributed by atoms with Gasteiger partial charge in [0.25, 0.3) is 0 Å². The molecule has 0 aromatic heterocycles. The number of nitrogens with one attached hydrogen (secondary N) is 1. The number of methoxy groups -OCH3 is 1. The first-order chi connectivity index (χ1) is 14.4. The fourth-order valence-corrected chi connectivity index (χ4v) is 3.60. The van der Waals surface area contributed by atoms with Gasteiger partial charge in [0.2, 0.25) is 0 Å². The molecule has 2 rings (SSSR count). The molecule has 31 heavy (non-hydrogen) atoms. The summed E-state index contributed by atoms with van der Waals surface area (Å²) in [5.41, 5.74) is 1.23. The smallest absolute Gasteiger partial charge is 0.418 e. The van der Waals surface area contributed by atoms with Gasteiger partial charge in [0.05, 0.1) is 53.7 Å². The van der Waals surface area contributed by atoms with Crippen molar-refractivity contribution in [3.63, 3.8) is 0 Å².